The van der Waals surface area contributed by atoms with Gasteiger partial charge in [-0.05, 0) is 19.8 Å². The average Bonchev–Trinajstić information content (AvgIpc) is 3.22. The van der Waals surface area contributed by atoms with Gasteiger partial charge in [0.1, 0.15) is 17.7 Å². The van der Waals surface area contributed by atoms with Gasteiger partial charge < -0.3 is 9.67 Å². The molecule has 2 aliphatic rings. The van der Waals surface area contributed by atoms with Crippen LogP contribution in [0.1, 0.15) is 60.4 Å². The minimum Gasteiger partial charge on any atom is -0.480 e. The first-order valence-corrected chi connectivity index (χ1v) is 9.79. The summed E-state index contributed by atoms with van der Waals surface area (Å²) in [5, 5.41) is 21.2. The Morgan fingerprint density at radius 3 is 2.88 bits per heavy atom. The third kappa shape index (κ3) is 3.32. The summed E-state index contributed by atoms with van der Waals surface area (Å²) in [4.78, 5) is 18.5. The van der Waals surface area contributed by atoms with E-state index in [9.17, 15) is 9.90 Å². The molecule has 1 atom stereocenters. The summed E-state index contributed by atoms with van der Waals surface area (Å²) in [6, 6.07) is -0.568. The fourth-order valence-electron chi connectivity index (χ4n) is 3.90. The number of hydrogen-bond donors (Lipinski definition) is 1. The van der Waals surface area contributed by atoms with Gasteiger partial charge in [0.05, 0.1) is 23.8 Å². The number of nitrogens with zero attached hydrogens (tertiary/aromatic N) is 5. The number of aromatic nitrogens is 4. The average molecular weight is 361 g/mol. The maximum atomic E-state index is 11.7. The number of carbonyl (C=O) groups is 1. The second-order valence-electron chi connectivity index (χ2n) is 7.05. The third-order valence-electron chi connectivity index (χ3n) is 5.33. The lowest BCUT2D eigenvalue weighted by Gasteiger charge is -2.32. The van der Waals surface area contributed by atoms with Crippen molar-refractivity contribution in [3.05, 3.63) is 27.7 Å². The molecule has 134 valence electrons. The molecule has 1 unspecified atom stereocenters. The highest BCUT2D eigenvalue weighted by atomic mass is 32.1. The molecule has 25 heavy (non-hydrogen) atoms. The second kappa shape index (κ2) is 6.84. The summed E-state index contributed by atoms with van der Waals surface area (Å²) in [5.74, 6) is 1.39. The summed E-state index contributed by atoms with van der Waals surface area (Å²) in [5.41, 5.74) is 0.974. The van der Waals surface area contributed by atoms with E-state index in [0.717, 1.165) is 17.3 Å². The van der Waals surface area contributed by atoms with Gasteiger partial charge in [0.2, 0.25) is 0 Å². The molecule has 1 aliphatic carbocycles. The molecule has 7 nitrogen and oxygen atoms in total. The van der Waals surface area contributed by atoms with Gasteiger partial charge >= 0.3 is 5.97 Å². The van der Waals surface area contributed by atoms with Crippen molar-refractivity contribution >= 4 is 17.3 Å². The van der Waals surface area contributed by atoms with Crippen molar-refractivity contribution in [2.45, 2.75) is 70.6 Å². The van der Waals surface area contributed by atoms with Gasteiger partial charge in [0.25, 0.3) is 0 Å². The second-order valence-corrected chi connectivity index (χ2v) is 7.93. The van der Waals surface area contributed by atoms with Crippen LogP contribution >= 0.6 is 11.3 Å². The molecule has 2 aromatic rings. The number of thiazole rings is 1. The zero-order chi connectivity index (χ0) is 17.4. The van der Waals surface area contributed by atoms with Crippen LogP contribution in [0.2, 0.25) is 0 Å². The Labute approximate surface area is 150 Å². The number of carboxylic acids is 1. The summed E-state index contributed by atoms with van der Waals surface area (Å²) in [7, 11) is 0. The fourth-order valence-corrected chi connectivity index (χ4v) is 4.88. The van der Waals surface area contributed by atoms with E-state index in [1.54, 1.807) is 11.3 Å². The van der Waals surface area contributed by atoms with E-state index in [1.807, 2.05) is 16.4 Å². The largest absolute Gasteiger partial charge is 0.480 e. The van der Waals surface area contributed by atoms with Gasteiger partial charge in [-0.3, -0.25) is 9.69 Å². The van der Waals surface area contributed by atoms with Crippen LogP contribution in [0.4, 0.5) is 0 Å². The van der Waals surface area contributed by atoms with Crippen LogP contribution in [0, 0.1) is 6.92 Å². The van der Waals surface area contributed by atoms with Crippen molar-refractivity contribution in [2.75, 3.05) is 0 Å². The summed E-state index contributed by atoms with van der Waals surface area (Å²) in [6.45, 7) is 3.30. The monoisotopic (exact) mass is 361 g/mol. The van der Waals surface area contributed by atoms with Crippen molar-refractivity contribution in [2.24, 2.45) is 0 Å². The first kappa shape index (κ1) is 16.7. The Balaban J connectivity index is 1.51. The Morgan fingerprint density at radius 1 is 1.32 bits per heavy atom. The van der Waals surface area contributed by atoms with E-state index in [1.165, 1.54) is 37.1 Å². The predicted octanol–water partition coefficient (Wildman–Crippen LogP) is 2.56. The molecule has 0 saturated heterocycles. The van der Waals surface area contributed by atoms with Crippen LogP contribution in [0.25, 0.3) is 0 Å². The molecule has 1 saturated carbocycles. The van der Waals surface area contributed by atoms with E-state index >= 15 is 0 Å². The predicted molar refractivity (Wildman–Crippen MR) is 93.4 cm³/mol. The van der Waals surface area contributed by atoms with E-state index in [-0.39, 0.29) is 0 Å². The number of carboxylic acid groups (broad SMARTS) is 1. The highest BCUT2D eigenvalue weighted by Gasteiger charge is 2.34. The van der Waals surface area contributed by atoms with Crippen LogP contribution in [0.15, 0.2) is 5.38 Å². The van der Waals surface area contributed by atoms with Gasteiger partial charge in [0.15, 0.2) is 0 Å². The minimum absolute atomic E-state index is 0.392. The smallest absolute Gasteiger partial charge is 0.322 e. The maximum Gasteiger partial charge on any atom is 0.322 e. The van der Waals surface area contributed by atoms with Gasteiger partial charge in [-0.25, -0.2) is 4.98 Å². The fraction of sp³-hybridized carbons (Fsp3) is 0.647. The molecule has 0 aromatic carbocycles. The molecule has 2 aromatic heterocycles. The summed E-state index contributed by atoms with van der Waals surface area (Å²) >= 11 is 1.73. The zero-order valence-corrected chi connectivity index (χ0v) is 15.2. The van der Waals surface area contributed by atoms with E-state index in [4.69, 9.17) is 4.98 Å². The first-order chi connectivity index (χ1) is 12.1. The zero-order valence-electron chi connectivity index (χ0n) is 14.4. The van der Waals surface area contributed by atoms with E-state index < -0.39 is 12.0 Å². The van der Waals surface area contributed by atoms with Crippen molar-refractivity contribution in [1.29, 1.82) is 0 Å². The number of aliphatic carboxylic acids is 1. The lowest BCUT2D eigenvalue weighted by atomic mass is 9.90. The Kier molecular flexibility index (Phi) is 4.56. The van der Waals surface area contributed by atoms with Gasteiger partial charge in [-0.15, -0.1) is 21.5 Å². The summed E-state index contributed by atoms with van der Waals surface area (Å²) < 4.78 is 1.91. The standard InChI is InChI=1S/C17H23N5O2S/c1-11-19-20-15-9-21(14(17(23)24)8-22(11)15)7-13-10-25-16(18-13)12-5-3-2-4-6-12/h10,12,14H,2-9H2,1H3,(H,23,24). The minimum atomic E-state index is -0.804. The molecule has 1 fully saturated rings. The van der Waals surface area contributed by atoms with E-state index in [0.29, 0.717) is 25.6 Å². The molecule has 0 bridgehead atoms. The molecule has 8 heteroatoms. The van der Waals surface area contributed by atoms with Crippen molar-refractivity contribution < 1.29 is 9.90 Å². The van der Waals surface area contributed by atoms with Gasteiger partial charge in [0, 0.05) is 17.8 Å². The van der Waals surface area contributed by atoms with Gasteiger partial charge in [-0.2, -0.15) is 0 Å². The molecular formula is C17H23N5O2S. The van der Waals surface area contributed by atoms with Crippen LogP contribution in [0.3, 0.4) is 0 Å². The quantitative estimate of drug-likeness (QED) is 0.901. The first-order valence-electron chi connectivity index (χ1n) is 8.91. The van der Waals surface area contributed by atoms with Crippen LogP contribution in [0.5, 0.6) is 0 Å². The normalized spacial score (nSPS) is 22.0. The molecular weight excluding hydrogens is 338 g/mol. The molecule has 4 rings (SSSR count). The molecule has 0 spiro atoms. The SMILES string of the molecule is Cc1nnc2n1CC(C(=O)O)N(Cc1csc(C3CCCCC3)n1)C2. The lowest BCUT2D eigenvalue weighted by Crippen LogP contribution is -2.47. The Bertz CT molecular complexity index is 765. The highest BCUT2D eigenvalue weighted by Crippen LogP contribution is 2.34. The van der Waals surface area contributed by atoms with E-state index in [2.05, 4.69) is 15.6 Å². The Hall–Kier alpha value is -1.80. The number of aryl methyl sites for hydroxylation is 1. The third-order valence-corrected chi connectivity index (χ3v) is 6.38. The number of rotatable bonds is 4. The van der Waals surface area contributed by atoms with Crippen LogP contribution in [-0.4, -0.2) is 41.8 Å². The summed E-state index contributed by atoms with van der Waals surface area (Å²) in [6.07, 6.45) is 6.39. The molecule has 0 radical (unpaired) electrons. The Morgan fingerprint density at radius 2 is 2.12 bits per heavy atom. The molecule has 3 heterocycles. The number of fused-ring (bicyclic) bond motifs is 1. The maximum absolute atomic E-state index is 11.7. The molecule has 0 amide bonds. The van der Waals surface area contributed by atoms with Crippen molar-refractivity contribution in [1.82, 2.24) is 24.6 Å². The van der Waals surface area contributed by atoms with Crippen molar-refractivity contribution in [3.8, 4) is 0 Å². The lowest BCUT2D eigenvalue weighted by molar-refractivity contribution is -0.145. The highest BCUT2D eigenvalue weighted by molar-refractivity contribution is 7.09. The topological polar surface area (TPSA) is 84.1 Å². The molecule has 1 aliphatic heterocycles. The van der Waals surface area contributed by atoms with Gasteiger partial charge in [-0.1, -0.05) is 19.3 Å². The van der Waals surface area contributed by atoms with Crippen LogP contribution < -0.4 is 0 Å². The number of hydrogen-bond acceptors (Lipinski definition) is 6. The van der Waals surface area contributed by atoms with Crippen molar-refractivity contribution in [3.63, 3.8) is 0 Å². The van der Waals surface area contributed by atoms with Crippen LogP contribution in [-0.2, 0) is 24.4 Å². The molecule has 1 N–H and O–H groups in total.